The Morgan fingerprint density at radius 1 is 1.46 bits per heavy atom. The second-order valence-corrected chi connectivity index (χ2v) is 2.66. The molecule has 0 aliphatic rings. The van der Waals surface area contributed by atoms with E-state index in [9.17, 15) is 8.78 Å². The fraction of sp³-hybridized carbons (Fsp3) is 0.200. The number of hydrogen-bond donors (Lipinski definition) is 1. The maximum absolute atomic E-state index is 13.0. The highest BCUT2D eigenvalue weighted by atomic mass is 19.1. The van der Waals surface area contributed by atoms with Crippen molar-refractivity contribution >= 4 is 5.69 Å². The van der Waals surface area contributed by atoms with Crippen LogP contribution in [0.4, 0.5) is 14.5 Å². The van der Waals surface area contributed by atoms with Crippen LogP contribution in [0, 0.1) is 24.0 Å². The number of benzene rings is 1. The molecule has 1 N–H and O–H groups in total. The average molecular weight is 181 g/mol. The summed E-state index contributed by atoms with van der Waals surface area (Å²) in [5, 5.41) is 2.65. The Morgan fingerprint density at radius 3 is 2.77 bits per heavy atom. The van der Waals surface area contributed by atoms with Gasteiger partial charge in [0.05, 0.1) is 11.7 Å². The standard InChI is InChI=1S/C10H9F2N/c1-3-7(2)13-10-6-8(11)4-5-9(10)12/h1,4-7,13H,2H3. The molecule has 0 spiro atoms. The number of halogens is 2. The zero-order valence-electron chi connectivity index (χ0n) is 7.14. The van der Waals surface area contributed by atoms with Crippen LogP contribution in [0.25, 0.3) is 0 Å². The molecule has 0 amide bonds. The second kappa shape index (κ2) is 3.90. The molecule has 1 unspecified atom stereocenters. The van der Waals surface area contributed by atoms with Crippen LogP contribution >= 0.6 is 0 Å². The monoisotopic (exact) mass is 181 g/mol. The van der Waals surface area contributed by atoms with Gasteiger partial charge < -0.3 is 5.32 Å². The van der Waals surface area contributed by atoms with Crippen molar-refractivity contribution in [2.24, 2.45) is 0 Å². The summed E-state index contributed by atoms with van der Waals surface area (Å²) in [6, 6.07) is 2.86. The Kier molecular flexibility index (Phi) is 2.86. The molecule has 0 bridgehead atoms. The van der Waals surface area contributed by atoms with Gasteiger partial charge in [0, 0.05) is 0 Å². The lowest BCUT2D eigenvalue weighted by molar-refractivity contribution is 0.602. The molecule has 0 radical (unpaired) electrons. The van der Waals surface area contributed by atoms with Crippen LogP contribution in [0.15, 0.2) is 18.2 Å². The van der Waals surface area contributed by atoms with Gasteiger partial charge in [0.25, 0.3) is 0 Å². The second-order valence-electron chi connectivity index (χ2n) is 2.66. The molecule has 68 valence electrons. The Bertz CT molecular complexity index is 341. The number of anilines is 1. The van der Waals surface area contributed by atoms with E-state index in [1.54, 1.807) is 6.92 Å². The SMILES string of the molecule is C#CC(C)Nc1cc(F)ccc1F. The van der Waals surface area contributed by atoms with Gasteiger partial charge in [-0.1, -0.05) is 5.92 Å². The van der Waals surface area contributed by atoms with Crippen molar-refractivity contribution in [1.82, 2.24) is 0 Å². The Hall–Kier alpha value is -1.56. The van der Waals surface area contributed by atoms with E-state index in [1.807, 2.05) is 0 Å². The first-order valence-corrected chi connectivity index (χ1v) is 3.81. The van der Waals surface area contributed by atoms with Crippen molar-refractivity contribution in [3.8, 4) is 12.3 Å². The normalized spacial score (nSPS) is 11.8. The van der Waals surface area contributed by atoms with Crippen molar-refractivity contribution in [3.05, 3.63) is 29.8 Å². The van der Waals surface area contributed by atoms with E-state index in [0.717, 1.165) is 18.2 Å². The molecule has 1 aromatic carbocycles. The fourth-order valence-corrected chi connectivity index (χ4v) is 0.883. The number of terminal acetylenes is 1. The van der Waals surface area contributed by atoms with Crippen molar-refractivity contribution in [2.45, 2.75) is 13.0 Å². The van der Waals surface area contributed by atoms with E-state index in [4.69, 9.17) is 6.42 Å². The summed E-state index contributed by atoms with van der Waals surface area (Å²) in [4.78, 5) is 0. The molecule has 0 saturated carbocycles. The van der Waals surface area contributed by atoms with Crippen LogP contribution in [-0.4, -0.2) is 6.04 Å². The molecule has 1 aromatic rings. The first kappa shape index (κ1) is 9.53. The molecule has 0 aromatic heterocycles. The molecule has 1 atom stereocenters. The Labute approximate surface area is 75.8 Å². The summed E-state index contributed by atoms with van der Waals surface area (Å²) in [6.07, 6.45) is 5.08. The highest BCUT2D eigenvalue weighted by molar-refractivity contribution is 5.46. The maximum atomic E-state index is 13.0. The van der Waals surface area contributed by atoms with Gasteiger partial charge in [0.15, 0.2) is 0 Å². The van der Waals surface area contributed by atoms with Crippen molar-refractivity contribution in [1.29, 1.82) is 0 Å². The Morgan fingerprint density at radius 2 is 2.15 bits per heavy atom. The zero-order valence-corrected chi connectivity index (χ0v) is 7.14. The quantitative estimate of drug-likeness (QED) is 0.691. The van der Waals surface area contributed by atoms with Crippen LogP contribution in [-0.2, 0) is 0 Å². The van der Waals surface area contributed by atoms with Crippen LogP contribution in [0.3, 0.4) is 0 Å². The summed E-state index contributed by atoms with van der Waals surface area (Å²) in [5.74, 6) is 1.36. The third-order valence-electron chi connectivity index (χ3n) is 1.55. The van der Waals surface area contributed by atoms with Crippen molar-refractivity contribution in [3.63, 3.8) is 0 Å². The van der Waals surface area contributed by atoms with Crippen LogP contribution in [0.1, 0.15) is 6.92 Å². The van der Waals surface area contributed by atoms with E-state index in [0.29, 0.717) is 0 Å². The largest absolute Gasteiger partial charge is 0.369 e. The minimum atomic E-state index is -0.511. The third kappa shape index (κ3) is 2.45. The van der Waals surface area contributed by atoms with E-state index in [1.165, 1.54) is 0 Å². The third-order valence-corrected chi connectivity index (χ3v) is 1.55. The average Bonchev–Trinajstić information content (AvgIpc) is 2.11. The van der Waals surface area contributed by atoms with Crippen molar-refractivity contribution < 1.29 is 8.78 Å². The molecule has 0 heterocycles. The summed E-state index contributed by atoms with van der Waals surface area (Å²) in [5.41, 5.74) is 0.0884. The van der Waals surface area contributed by atoms with Gasteiger partial charge in [-0.2, -0.15) is 0 Å². The number of rotatable bonds is 2. The first-order chi connectivity index (χ1) is 6.13. The van der Waals surface area contributed by atoms with Gasteiger partial charge in [-0.05, 0) is 25.1 Å². The van der Waals surface area contributed by atoms with Gasteiger partial charge in [0.2, 0.25) is 0 Å². The van der Waals surface area contributed by atoms with E-state index in [-0.39, 0.29) is 11.7 Å². The zero-order chi connectivity index (χ0) is 9.84. The predicted molar refractivity (Wildman–Crippen MR) is 48.3 cm³/mol. The maximum Gasteiger partial charge on any atom is 0.146 e. The molecular weight excluding hydrogens is 172 g/mol. The van der Waals surface area contributed by atoms with Gasteiger partial charge in [-0.15, -0.1) is 6.42 Å². The van der Waals surface area contributed by atoms with Crippen LogP contribution in [0.5, 0.6) is 0 Å². The minimum absolute atomic E-state index is 0.0884. The summed E-state index contributed by atoms with van der Waals surface area (Å²) in [7, 11) is 0. The molecule has 3 heteroatoms. The minimum Gasteiger partial charge on any atom is -0.369 e. The fourth-order valence-electron chi connectivity index (χ4n) is 0.883. The molecular formula is C10H9F2N. The molecule has 1 nitrogen and oxygen atoms in total. The summed E-state index contributed by atoms with van der Waals surface area (Å²) >= 11 is 0. The summed E-state index contributed by atoms with van der Waals surface area (Å²) < 4.78 is 25.6. The van der Waals surface area contributed by atoms with Gasteiger partial charge in [-0.3, -0.25) is 0 Å². The van der Waals surface area contributed by atoms with E-state index in [2.05, 4.69) is 11.2 Å². The first-order valence-electron chi connectivity index (χ1n) is 3.81. The highest BCUT2D eigenvalue weighted by Crippen LogP contribution is 2.15. The van der Waals surface area contributed by atoms with Crippen LogP contribution in [0.2, 0.25) is 0 Å². The highest BCUT2D eigenvalue weighted by Gasteiger charge is 2.04. The van der Waals surface area contributed by atoms with E-state index < -0.39 is 11.6 Å². The number of hydrogen-bond acceptors (Lipinski definition) is 1. The lowest BCUT2D eigenvalue weighted by atomic mass is 10.2. The lowest BCUT2D eigenvalue weighted by Gasteiger charge is -2.09. The number of nitrogens with one attached hydrogen (secondary N) is 1. The lowest BCUT2D eigenvalue weighted by Crippen LogP contribution is -2.13. The molecule has 0 aliphatic carbocycles. The van der Waals surface area contributed by atoms with Gasteiger partial charge in [0.1, 0.15) is 11.6 Å². The van der Waals surface area contributed by atoms with E-state index >= 15 is 0 Å². The summed E-state index contributed by atoms with van der Waals surface area (Å²) in [6.45, 7) is 1.68. The molecule has 13 heavy (non-hydrogen) atoms. The van der Waals surface area contributed by atoms with Crippen LogP contribution < -0.4 is 5.32 Å². The molecule has 0 aliphatic heterocycles. The molecule has 0 saturated heterocycles. The Balaban J connectivity index is 2.88. The molecule has 1 rings (SSSR count). The van der Waals surface area contributed by atoms with Gasteiger partial charge >= 0.3 is 0 Å². The molecule has 0 fully saturated rings. The van der Waals surface area contributed by atoms with Crippen molar-refractivity contribution in [2.75, 3.05) is 5.32 Å². The topological polar surface area (TPSA) is 12.0 Å². The smallest absolute Gasteiger partial charge is 0.146 e. The predicted octanol–water partition coefficient (Wildman–Crippen LogP) is 2.40. The van der Waals surface area contributed by atoms with Gasteiger partial charge in [-0.25, -0.2) is 8.78 Å².